The third-order valence-electron chi connectivity index (χ3n) is 6.67. The SMILES string of the molecule is c1cnc2c(c1)ccn2-c1ccc(-c2ccc3c4ccccc4c4ccccc4c3c2)cc1. The van der Waals surface area contributed by atoms with Gasteiger partial charge in [-0.05, 0) is 79.8 Å². The molecule has 0 aliphatic carbocycles. The molecule has 154 valence electrons. The molecular formula is C31H20N2. The average Bonchev–Trinajstić information content (AvgIpc) is 3.33. The number of rotatable bonds is 2. The summed E-state index contributed by atoms with van der Waals surface area (Å²) in [6.45, 7) is 0. The van der Waals surface area contributed by atoms with Crippen molar-refractivity contribution in [1.82, 2.24) is 9.55 Å². The zero-order valence-electron chi connectivity index (χ0n) is 17.9. The topological polar surface area (TPSA) is 17.8 Å². The van der Waals surface area contributed by atoms with E-state index in [2.05, 4.69) is 119 Å². The van der Waals surface area contributed by atoms with Crippen molar-refractivity contribution in [2.24, 2.45) is 0 Å². The summed E-state index contributed by atoms with van der Waals surface area (Å²) in [6, 6.07) is 39.2. The quantitative estimate of drug-likeness (QED) is 0.258. The van der Waals surface area contributed by atoms with Gasteiger partial charge in [0.05, 0.1) is 0 Å². The first-order valence-electron chi connectivity index (χ1n) is 11.2. The first-order valence-corrected chi connectivity index (χ1v) is 11.2. The van der Waals surface area contributed by atoms with Gasteiger partial charge >= 0.3 is 0 Å². The Labute approximate surface area is 191 Å². The summed E-state index contributed by atoms with van der Waals surface area (Å²) >= 11 is 0. The van der Waals surface area contributed by atoms with Crippen LogP contribution < -0.4 is 0 Å². The number of pyridine rings is 1. The van der Waals surface area contributed by atoms with Gasteiger partial charge in [-0.2, -0.15) is 0 Å². The summed E-state index contributed by atoms with van der Waals surface area (Å²) in [4.78, 5) is 4.55. The van der Waals surface area contributed by atoms with Crippen LogP contribution in [0.25, 0.3) is 60.2 Å². The molecule has 2 heteroatoms. The second kappa shape index (κ2) is 7.04. The highest BCUT2D eigenvalue weighted by molar-refractivity contribution is 6.25. The molecule has 7 aromatic rings. The molecule has 2 aromatic heterocycles. The van der Waals surface area contributed by atoms with Crippen molar-refractivity contribution in [1.29, 1.82) is 0 Å². The molecule has 0 fully saturated rings. The van der Waals surface area contributed by atoms with E-state index < -0.39 is 0 Å². The fourth-order valence-electron chi connectivity index (χ4n) is 5.08. The molecule has 0 spiro atoms. The van der Waals surface area contributed by atoms with E-state index in [1.54, 1.807) is 0 Å². The van der Waals surface area contributed by atoms with Crippen molar-refractivity contribution >= 4 is 43.4 Å². The fourth-order valence-corrected chi connectivity index (χ4v) is 5.08. The Morgan fingerprint density at radius 1 is 0.485 bits per heavy atom. The molecule has 0 bridgehead atoms. The molecule has 0 atom stereocenters. The minimum Gasteiger partial charge on any atom is -0.301 e. The molecule has 2 heterocycles. The van der Waals surface area contributed by atoms with Crippen LogP contribution in [-0.4, -0.2) is 9.55 Å². The Hall–Kier alpha value is -4.43. The van der Waals surface area contributed by atoms with Gasteiger partial charge < -0.3 is 4.57 Å². The van der Waals surface area contributed by atoms with Gasteiger partial charge in [0.2, 0.25) is 0 Å². The summed E-state index contributed by atoms with van der Waals surface area (Å²) in [5, 5.41) is 8.97. The molecule has 0 saturated heterocycles. The van der Waals surface area contributed by atoms with Crippen LogP contribution in [0.15, 0.2) is 122 Å². The molecule has 0 saturated carbocycles. The number of hydrogen-bond donors (Lipinski definition) is 0. The van der Waals surface area contributed by atoms with E-state index in [-0.39, 0.29) is 0 Å². The number of fused-ring (bicyclic) bond motifs is 7. The van der Waals surface area contributed by atoms with Gasteiger partial charge in [0.1, 0.15) is 5.65 Å². The van der Waals surface area contributed by atoms with Crippen LogP contribution in [0.3, 0.4) is 0 Å². The Balaban J connectivity index is 1.39. The van der Waals surface area contributed by atoms with E-state index in [1.165, 1.54) is 43.4 Å². The third kappa shape index (κ3) is 2.78. The van der Waals surface area contributed by atoms with E-state index in [1.807, 2.05) is 12.3 Å². The summed E-state index contributed by atoms with van der Waals surface area (Å²) in [6.07, 6.45) is 3.93. The molecule has 33 heavy (non-hydrogen) atoms. The van der Waals surface area contributed by atoms with Crippen LogP contribution in [0.5, 0.6) is 0 Å². The van der Waals surface area contributed by atoms with E-state index in [0.29, 0.717) is 0 Å². The molecule has 7 rings (SSSR count). The molecular weight excluding hydrogens is 400 g/mol. The summed E-state index contributed by atoms with van der Waals surface area (Å²) in [5.74, 6) is 0. The third-order valence-corrected chi connectivity index (χ3v) is 6.67. The maximum atomic E-state index is 4.55. The number of aromatic nitrogens is 2. The van der Waals surface area contributed by atoms with Crippen molar-refractivity contribution < 1.29 is 0 Å². The van der Waals surface area contributed by atoms with Crippen molar-refractivity contribution in [2.45, 2.75) is 0 Å². The van der Waals surface area contributed by atoms with Crippen LogP contribution in [0.4, 0.5) is 0 Å². The van der Waals surface area contributed by atoms with Crippen molar-refractivity contribution in [2.75, 3.05) is 0 Å². The van der Waals surface area contributed by atoms with Crippen LogP contribution in [0, 0.1) is 0 Å². The Kier molecular flexibility index (Phi) is 3.88. The number of benzene rings is 5. The van der Waals surface area contributed by atoms with Gasteiger partial charge in [-0.15, -0.1) is 0 Å². The van der Waals surface area contributed by atoms with Crippen molar-refractivity contribution in [3.63, 3.8) is 0 Å². The van der Waals surface area contributed by atoms with Crippen LogP contribution in [0.1, 0.15) is 0 Å². The maximum Gasteiger partial charge on any atom is 0.144 e. The Morgan fingerprint density at radius 2 is 1.09 bits per heavy atom. The first-order chi connectivity index (χ1) is 16.4. The number of hydrogen-bond acceptors (Lipinski definition) is 1. The van der Waals surface area contributed by atoms with Crippen LogP contribution >= 0.6 is 0 Å². The van der Waals surface area contributed by atoms with E-state index >= 15 is 0 Å². The van der Waals surface area contributed by atoms with Crippen LogP contribution in [-0.2, 0) is 0 Å². The second-order valence-corrected chi connectivity index (χ2v) is 8.50. The van der Waals surface area contributed by atoms with E-state index in [9.17, 15) is 0 Å². The highest BCUT2D eigenvalue weighted by Crippen LogP contribution is 2.37. The van der Waals surface area contributed by atoms with Crippen LogP contribution in [0.2, 0.25) is 0 Å². The molecule has 0 radical (unpaired) electrons. The second-order valence-electron chi connectivity index (χ2n) is 8.50. The van der Waals surface area contributed by atoms with Crippen molar-refractivity contribution in [3.05, 3.63) is 122 Å². The molecule has 0 N–H and O–H groups in total. The van der Waals surface area contributed by atoms with Gasteiger partial charge in [0.25, 0.3) is 0 Å². The lowest BCUT2D eigenvalue weighted by molar-refractivity contribution is 1.09. The zero-order valence-corrected chi connectivity index (χ0v) is 17.9. The van der Waals surface area contributed by atoms with Gasteiger partial charge in [0.15, 0.2) is 0 Å². The Morgan fingerprint density at radius 3 is 1.79 bits per heavy atom. The zero-order chi connectivity index (χ0) is 21.8. The lowest BCUT2D eigenvalue weighted by Crippen LogP contribution is -1.93. The molecule has 0 unspecified atom stereocenters. The van der Waals surface area contributed by atoms with Crippen molar-refractivity contribution in [3.8, 4) is 16.8 Å². The summed E-state index contributed by atoms with van der Waals surface area (Å²) in [7, 11) is 0. The minimum atomic E-state index is 0.981. The van der Waals surface area contributed by atoms with Gasteiger partial charge in [-0.1, -0.05) is 72.8 Å². The average molecular weight is 421 g/mol. The monoisotopic (exact) mass is 420 g/mol. The standard InChI is InChI=1S/C31H20N2/c1-2-9-27-25(7-1)26-8-3-4-10-28(26)30-20-23(13-16-29(27)30)21-11-14-24(15-12-21)33-19-17-22-6-5-18-32-31(22)33/h1-20H. The van der Waals surface area contributed by atoms with Gasteiger partial charge in [0, 0.05) is 23.5 Å². The fraction of sp³-hybridized carbons (Fsp3) is 0. The minimum absolute atomic E-state index is 0.981. The molecule has 0 amide bonds. The van der Waals surface area contributed by atoms with E-state index in [0.717, 1.165) is 16.7 Å². The highest BCUT2D eigenvalue weighted by Gasteiger charge is 2.10. The summed E-state index contributed by atoms with van der Waals surface area (Å²) < 4.78 is 2.14. The molecule has 2 nitrogen and oxygen atoms in total. The largest absolute Gasteiger partial charge is 0.301 e. The lowest BCUT2D eigenvalue weighted by atomic mass is 9.92. The first kappa shape index (κ1) is 18.2. The Bertz CT molecular complexity index is 1770. The normalized spacial score (nSPS) is 11.6. The highest BCUT2D eigenvalue weighted by atomic mass is 15.0. The molecule has 0 aliphatic rings. The predicted octanol–water partition coefficient (Wildman–Crippen LogP) is 8.15. The predicted molar refractivity (Wildman–Crippen MR) is 139 cm³/mol. The maximum absolute atomic E-state index is 4.55. The van der Waals surface area contributed by atoms with Gasteiger partial charge in [-0.3, -0.25) is 0 Å². The molecule has 0 aliphatic heterocycles. The molecule has 5 aromatic carbocycles. The smallest absolute Gasteiger partial charge is 0.144 e. The number of nitrogens with zero attached hydrogens (tertiary/aromatic N) is 2. The van der Waals surface area contributed by atoms with E-state index in [4.69, 9.17) is 0 Å². The summed E-state index contributed by atoms with van der Waals surface area (Å²) in [5.41, 5.74) is 4.53. The van der Waals surface area contributed by atoms with Gasteiger partial charge in [-0.25, -0.2) is 4.98 Å². The lowest BCUT2D eigenvalue weighted by Gasteiger charge is -2.12.